The molecule has 3 aliphatic rings. The Morgan fingerprint density at radius 3 is 2.74 bits per heavy atom. The highest BCUT2D eigenvalue weighted by Crippen LogP contribution is 2.43. The number of hydrogen-bond acceptors (Lipinski definition) is 3. The molecule has 5 rings (SSSR count). The van der Waals surface area contributed by atoms with Crippen LogP contribution in [0.25, 0.3) is 0 Å². The molecular weight excluding hydrogens is 414 g/mol. The molecule has 1 atom stereocenters. The molecule has 156 valence electrons. The summed E-state index contributed by atoms with van der Waals surface area (Å²) in [5.74, 6) is 0.706. The molecule has 1 heterocycles. The highest BCUT2D eigenvalue weighted by Gasteiger charge is 2.23. The van der Waals surface area contributed by atoms with E-state index in [0.29, 0.717) is 5.92 Å². The summed E-state index contributed by atoms with van der Waals surface area (Å²) in [4.78, 5) is 3.72. The number of rotatable bonds is 4. The van der Waals surface area contributed by atoms with Gasteiger partial charge in [-0.15, -0.1) is 0 Å². The van der Waals surface area contributed by atoms with Gasteiger partial charge < -0.3 is 5.32 Å². The summed E-state index contributed by atoms with van der Waals surface area (Å²) >= 11 is 3.61. The van der Waals surface area contributed by atoms with Crippen LogP contribution in [0, 0.1) is 12.8 Å². The van der Waals surface area contributed by atoms with Crippen molar-refractivity contribution in [2.45, 2.75) is 42.4 Å². The van der Waals surface area contributed by atoms with Gasteiger partial charge in [0.1, 0.15) is 0 Å². The van der Waals surface area contributed by atoms with Crippen LogP contribution < -0.4 is 5.32 Å². The third-order valence-electron chi connectivity index (χ3n) is 6.10. The molecule has 1 aliphatic heterocycles. The summed E-state index contributed by atoms with van der Waals surface area (Å²) in [7, 11) is 0. The Hall–Kier alpha value is -2.36. The minimum Gasteiger partial charge on any atom is -0.349 e. The van der Waals surface area contributed by atoms with Crippen molar-refractivity contribution >= 4 is 29.2 Å². The molecule has 2 aromatic rings. The number of hydrogen-bond donors (Lipinski definition) is 1. The van der Waals surface area contributed by atoms with E-state index in [1.165, 1.54) is 62.1 Å². The molecule has 1 N–H and O–H groups in total. The fourth-order valence-electron chi connectivity index (χ4n) is 4.45. The molecule has 2 aliphatic carbocycles. The minimum absolute atomic E-state index is 0.706. The second kappa shape index (κ2) is 9.02. The van der Waals surface area contributed by atoms with Crippen LogP contribution in [0.4, 0.5) is 5.69 Å². The Kier molecular flexibility index (Phi) is 5.97. The van der Waals surface area contributed by atoms with Crippen molar-refractivity contribution in [2.24, 2.45) is 5.92 Å². The predicted octanol–water partition coefficient (Wildman–Crippen LogP) is 8.64. The minimum atomic E-state index is 0.706. The molecule has 31 heavy (non-hydrogen) atoms. The molecule has 1 unspecified atom stereocenters. The average molecular weight is 442 g/mol. The number of fused-ring (bicyclic) bond motifs is 2. The van der Waals surface area contributed by atoms with Crippen LogP contribution in [0.1, 0.15) is 31.2 Å². The van der Waals surface area contributed by atoms with Gasteiger partial charge in [0.05, 0.1) is 10.7 Å². The topological polar surface area (TPSA) is 12.0 Å². The van der Waals surface area contributed by atoms with Crippen LogP contribution in [0.15, 0.2) is 116 Å². The molecule has 1 nitrogen and oxygen atoms in total. The maximum atomic E-state index is 4.31. The van der Waals surface area contributed by atoms with Crippen LogP contribution in [0.3, 0.4) is 0 Å². The Bertz CT molecular complexity index is 1120. The van der Waals surface area contributed by atoms with E-state index in [2.05, 4.69) is 91.7 Å². The van der Waals surface area contributed by atoms with E-state index in [1.54, 1.807) is 11.8 Å². The fourth-order valence-corrected chi connectivity index (χ4v) is 6.31. The molecular formula is C28H27NS2. The first-order valence-corrected chi connectivity index (χ1v) is 12.6. The van der Waals surface area contributed by atoms with E-state index >= 15 is 0 Å². The maximum absolute atomic E-state index is 4.31. The number of para-hydroxylation sites is 1. The van der Waals surface area contributed by atoms with Crippen LogP contribution in [-0.2, 0) is 0 Å². The first kappa shape index (κ1) is 20.5. The summed E-state index contributed by atoms with van der Waals surface area (Å²) in [5, 5.41) is 4.79. The van der Waals surface area contributed by atoms with Crippen LogP contribution in [0.5, 0.6) is 0 Å². The molecule has 0 radical (unpaired) electrons. The largest absolute Gasteiger partial charge is 0.349 e. The van der Waals surface area contributed by atoms with Gasteiger partial charge in [0.15, 0.2) is 0 Å². The summed E-state index contributed by atoms with van der Waals surface area (Å²) in [6.07, 6.45) is 14.3. The zero-order valence-corrected chi connectivity index (χ0v) is 19.5. The highest BCUT2D eigenvalue weighted by molar-refractivity contribution is 8.03. The van der Waals surface area contributed by atoms with Crippen LogP contribution >= 0.6 is 23.5 Å². The molecule has 0 saturated heterocycles. The van der Waals surface area contributed by atoms with Gasteiger partial charge >= 0.3 is 0 Å². The molecule has 0 bridgehead atoms. The summed E-state index contributed by atoms with van der Waals surface area (Å²) in [5.41, 5.74) is 6.86. The fraction of sp³-hybridized carbons (Fsp3) is 0.214. The molecule has 0 saturated carbocycles. The SMILES string of the molecule is C=C(/C=C1/C=C2C=C(/C=C3/Nc4ccccc4S3)CCC2CC1)Sc1ccccc1C. The van der Waals surface area contributed by atoms with E-state index in [9.17, 15) is 0 Å². The quantitative estimate of drug-likeness (QED) is 0.477. The lowest BCUT2D eigenvalue weighted by Gasteiger charge is -2.28. The van der Waals surface area contributed by atoms with Crippen molar-refractivity contribution in [1.29, 1.82) is 0 Å². The maximum Gasteiger partial charge on any atom is 0.0777 e. The number of aryl methyl sites for hydroxylation is 1. The summed E-state index contributed by atoms with van der Waals surface area (Å²) in [6.45, 7) is 6.48. The number of anilines is 1. The highest BCUT2D eigenvalue weighted by atomic mass is 32.2. The van der Waals surface area contributed by atoms with Crippen LogP contribution in [-0.4, -0.2) is 0 Å². The van der Waals surface area contributed by atoms with Gasteiger partial charge in [0.2, 0.25) is 0 Å². The first-order chi connectivity index (χ1) is 15.1. The third kappa shape index (κ3) is 4.78. The second-order valence-electron chi connectivity index (χ2n) is 8.42. The molecule has 3 heteroatoms. The summed E-state index contributed by atoms with van der Waals surface area (Å²) in [6, 6.07) is 17.1. The normalized spacial score (nSPS) is 22.4. The molecule has 0 spiro atoms. The van der Waals surface area contributed by atoms with E-state index < -0.39 is 0 Å². The van der Waals surface area contributed by atoms with Gasteiger partial charge in [-0.25, -0.2) is 0 Å². The molecule has 0 fully saturated rings. The lowest BCUT2D eigenvalue weighted by atomic mass is 9.77. The lowest BCUT2D eigenvalue weighted by molar-refractivity contribution is 0.502. The van der Waals surface area contributed by atoms with Gasteiger partial charge in [-0.2, -0.15) is 0 Å². The lowest BCUT2D eigenvalue weighted by Crippen LogP contribution is -2.13. The Morgan fingerprint density at radius 2 is 1.87 bits per heavy atom. The van der Waals surface area contributed by atoms with Crippen molar-refractivity contribution in [3.05, 3.63) is 112 Å². The van der Waals surface area contributed by atoms with Crippen LogP contribution in [0.2, 0.25) is 0 Å². The second-order valence-corrected chi connectivity index (χ2v) is 10.7. The number of nitrogens with one attached hydrogen (secondary N) is 1. The van der Waals surface area contributed by atoms with Gasteiger partial charge in [-0.1, -0.05) is 72.6 Å². The Balaban J connectivity index is 1.32. The van der Waals surface area contributed by atoms with Crippen molar-refractivity contribution in [3.63, 3.8) is 0 Å². The van der Waals surface area contributed by atoms with E-state index in [-0.39, 0.29) is 0 Å². The van der Waals surface area contributed by atoms with Crippen molar-refractivity contribution in [1.82, 2.24) is 0 Å². The summed E-state index contributed by atoms with van der Waals surface area (Å²) < 4.78 is 0. The van der Waals surface area contributed by atoms with E-state index in [1.807, 2.05) is 11.8 Å². The zero-order valence-electron chi connectivity index (χ0n) is 17.9. The monoisotopic (exact) mass is 441 g/mol. The Morgan fingerprint density at radius 1 is 1.06 bits per heavy atom. The van der Waals surface area contributed by atoms with E-state index in [4.69, 9.17) is 0 Å². The zero-order chi connectivity index (χ0) is 21.2. The smallest absolute Gasteiger partial charge is 0.0777 e. The molecule has 0 amide bonds. The Labute approximate surface area is 194 Å². The number of thioether (sulfide) groups is 2. The van der Waals surface area contributed by atoms with Gasteiger partial charge in [0.25, 0.3) is 0 Å². The number of benzene rings is 2. The van der Waals surface area contributed by atoms with Crippen molar-refractivity contribution < 1.29 is 0 Å². The van der Waals surface area contributed by atoms with Gasteiger partial charge in [-0.05, 0) is 91.2 Å². The predicted molar refractivity (Wildman–Crippen MR) is 136 cm³/mol. The third-order valence-corrected chi connectivity index (χ3v) is 8.17. The average Bonchev–Trinajstić information content (AvgIpc) is 3.17. The van der Waals surface area contributed by atoms with Crippen molar-refractivity contribution in [2.75, 3.05) is 5.32 Å². The standard InChI is InChI=1S/C28H27NS2/c1-19-7-3-5-9-26(19)30-20(2)15-21-11-13-23-14-12-22(17-24(23)16-21)18-28-29-25-8-4-6-10-27(25)31-28/h3-10,15-18,23,29H,2,11-14H2,1H3/b21-15+,28-18-. The molecule has 0 aromatic heterocycles. The van der Waals surface area contributed by atoms with Gasteiger partial charge in [0, 0.05) is 14.7 Å². The first-order valence-electron chi connectivity index (χ1n) is 10.9. The molecule has 2 aromatic carbocycles. The van der Waals surface area contributed by atoms with Crippen molar-refractivity contribution in [3.8, 4) is 0 Å². The number of allylic oxidation sites excluding steroid dienone is 7. The van der Waals surface area contributed by atoms with E-state index in [0.717, 1.165) is 11.3 Å². The van der Waals surface area contributed by atoms with Gasteiger partial charge in [-0.3, -0.25) is 0 Å².